The molecule has 0 aromatic rings. The van der Waals surface area contributed by atoms with Gasteiger partial charge >= 0.3 is 10.2 Å². The van der Waals surface area contributed by atoms with Gasteiger partial charge in [0, 0.05) is 6.26 Å². The fourth-order valence-electron chi connectivity index (χ4n) is 0.251. The zero-order valence-electron chi connectivity index (χ0n) is 5.24. The molecular formula is C3H7FO4S2. The van der Waals surface area contributed by atoms with Crippen LogP contribution < -0.4 is 0 Å². The third-order valence-corrected chi connectivity index (χ3v) is 2.59. The van der Waals surface area contributed by atoms with Crippen molar-refractivity contribution in [1.29, 1.82) is 0 Å². The van der Waals surface area contributed by atoms with Crippen LogP contribution in [0.25, 0.3) is 0 Å². The second-order valence-corrected chi connectivity index (χ2v) is 5.62. The summed E-state index contributed by atoms with van der Waals surface area (Å²) in [5.41, 5.74) is 0. The predicted molar refractivity (Wildman–Crippen MR) is 34.6 cm³/mol. The van der Waals surface area contributed by atoms with Gasteiger partial charge in [0.25, 0.3) is 0 Å². The Morgan fingerprint density at radius 3 is 1.60 bits per heavy atom. The van der Waals surface area contributed by atoms with E-state index < -0.39 is 31.6 Å². The SMILES string of the molecule is CS(=O)(=O)CCS(=O)(=O)F. The Hall–Kier alpha value is -0.170. The molecule has 0 atom stereocenters. The van der Waals surface area contributed by atoms with Gasteiger partial charge in [-0.3, -0.25) is 0 Å². The van der Waals surface area contributed by atoms with E-state index in [0.717, 1.165) is 6.26 Å². The highest BCUT2D eigenvalue weighted by molar-refractivity contribution is 7.92. The Labute approximate surface area is 59.2 Å². The van der Waals surface area contributed by atoms with Crippen LogP contribution >= 0.6 is 0 Å². The van der Waals surface area contributed by atoms with Gasteiger partial charge in [0.2, 0.25) is 0 Å². The van der Waals surface area contributed by atoms with Crippen molar-refractivity contribution in [3.05, 3.63) is 0 Å². The maximum atomic E-state index is 11.6. The van der Waals surface area contributed by atoms with Crippen LogP contribution in [-0.2, 0) is 20.1 Å². The molecule has 0 aromatic heterocycles. The summed E-state index contributed by atoms with van der Waals surface area (Å²) in [5.74, 6) is -1.61. The summed E-state index contributed by atoms with van der Waals surface area (Å²) < 4.78 is 51.6. The average Bonchev–Trinajstić information content (AvgIpc) is 1.57. The smallest absolute Gasteiger partial charge is 0.229 e. The first-order valence-corrected chi connectivity index (χ1v) is 5.92. The quantitative estimate of drug-likeness (QED) is 0.553. The molecular weight excluding hydrogens is 183 g/mol. The van der Waals surface area contributed by atoms with Crippen molar-refractivity contribution in [1.82, 2.24) is 0 Å². The largest absolute Gasteiger partial charge is 0.303 e. The topological polar surface area (TPSA) is 68.3 Å². The Morgan fingerprint density at radius 1 is 1.10 bits per heavy atom. The van der Waals surface area contributed by atoms with E-state index in [2.05, 4.69) is 0 Å². The Morgan fingerprint density at radius 2 is 1.50 bits per heavy atom. The van der Waals surface area contributed by atoms with E-state index in [1.54, 1.807) is 0 Å². The van der Waals surface area contributed by atoms with Gasteiger partial charge in [-0.1, -0.05) is 0 Å². The van der Waals surface area contributed by atoms with Crippen molar-refractivity contribution in [2.45, 2.75) is 0 Å². The molecule has 0 saturated heterocycles. The van der Waals surface area contributed by atoms with Crippen molar-refractivity contribution in [2.24, 2.45) is 0 Å². The normalized spacial score (nSPS) is 13.4. The molecule has 0 fully saturated rings. The predicted octanol–water partition coefficient (Wildman–Crippen LogP) is -0.670. The van der Waals surface area contributed by atoms with E-state index in [4.69, 9.17) is 0 Å². The fourth-order valence-corrected chi connectivity index (χ4v) is 2.26. The molecule has 0 spiro atoms. The van der Waals surface area contributed by atoms with Crippen molar-refractivity contribution in [3.8, 4) is 0 Å². The van der Waals surface area contributed by atoms with E-state index in [-0.39, 0.29) is 0 Å². The Balaban J connectivity index is 4.05. The highest BCUT2D eigenvalue weighted by Crippen LogP contribution is 1.92. The van der Waals surface area contributed by atoms with Crippen LogP contribution in [0.4, 0.5) is 3.89 Å². The summed E-state index contributed by atoms with van der Waals surface area (Å²) in [6.07, 6.45) is 0.845. The van der Waals surface area contributed by atoms with Gasteiger partial charge in [0.15, 0.2) is 0 Å². The van der Waals surface area contributed by atoms with Crippen LogP contribution in [0.15, 0.2) is 0 Å². The molecule has 0 aliphatic carbocycles. The summed E-state index contributed by atoms with van der Waals surface area (Å²) in [5, 5.41) is 0. The van der Waals surface area contributed by atoms with E-state index in [9.17, 15) is 20.7 Å². The van der Waals surface area contributed by atoms with E-state index in [1.165, 1.54) is 0 Å². The molecule has 0 aromatic carbocycles. The second-order valence-electron chi connectivity index (χ2n) is 1.87. The molecule has 62 valence electrons. The molecule has 10 heavy (non-hydrogen) atoms. The third-order valence-electron chi connectivity index (χ3n) is 0.698. The third kappa shape index (κ3) is 7.83. The van der Waals surface area contributed by atoms with Gasteiger partial charge in [-0.25, -0.2) is 8.42 Å². The van der Waals surface area contributed by atoms with Crippen LogP contribution in [0, 0.1) is 0 Å². The Bertz CT molecular complexity index is 254. The lowest BCUT2D eigenvalue weighted by Crippen LogP contribution is -2.12. The molecule has 0 heterocycles. The molecule has 7 heteroatoms. The minimum Gasteiger partial charge on any atom is -0.229 e. The molecule has 0 unspecified atom stereocenters. The summed E-state index contributed by atoms with van der Waals surface area (Å²) in [7, 11) is -8.01. The van der Waals surface area contributed by atoms with Crippen LogP contribution in [-0.4, -0.2) is 34.6 Å². The second kappa shape index (κ2) is 2.83. The van der Waals surface area contributed by atoms with Gasteiger partial charge < -0.3 is 0 Å². The average molecular weight is 190 g/mol. The highest BCUT2D eigenvalue weighted by Gasteiger charge is 2.11. The van der Waals surface area contributed by atoms with Crippen molar-refractivity contribution in [3.63, 3.8) is 0 Å². The van der Waals surface area contributed by atoms with Crippen molar-refractivity contribution >= 4 is 20.1 Å². The minimum atomic E-state index is -4.64. The summed E-state index contributed by atoms with van der Waals surface area (Å²) in [6, 6.07) is 0. The lowest BCUT2D eigenvalue weighted by atomic mass is 11.0. The maximum absolute atomic E-state index is 11.6. The van der Waals surface area contributed by atoms with Gasteiger partial charge in [-0.2, -0.15) is 8.42 Å². The number of sulfone groups is 1. The zero-order valence-corrected chi connectivity index (χ0v) is 6.87. The van der Waals surface area contributed by atoms with Gasteiger partial charge in [-0.15, -0.1) is 3.89 Å². The molecule has 0 rings (SSSR count). The first kappa shape index (κ1) is 9.83. The highest BCUT2D eigenvalue weighted by atomic mass is 32.3. The maximum Gasteiger partial charge on any atom is 0.303 e. The molecule has 0 saturated carbocycles. The number of hydrogen-bond acceptors (Lipinski definition) is 4. The van der Waals surface area contributed by atoms with Gasteiger partial charge in [-0.05, 0) is 0 Å². The van der Waals surface area contributed by atoms with Crippen LogP contribution in [0.3, 0.4) is 0 Å². The lowest BCUT2D eigenvalue weighted by molar-refractivity contribution is 0.551. The molecule has 0 aliphatic rings. The van der Waals surface area contributed by atoms with E-state index in [0.29, 0.717) is 0 Å². The lowest BCUT2D eigenvalue weighted by Gasteiger charge is -1.91. The van der Waals surface area contributed by atoms with Gasteiger partial charge in [0.1, 0.15) is 9.84 Å². The Kier molecular flexibility index (Phi) is 2.78. The fraction of sp³-hybridized carbons (Fsp3) is 1.00. The molecule has 0 bridgehead atoms. The molecule has 0 N–H and O–H groups in total. The summed E-state index contributed by atoms with van der Waals surface area (Å²) in [4.78, 5) is 0. The monoisotopic (exact) mass is 190 g/mol. The molecule has 4 nitrogen and oxygen atoms in total. The van der Waals surface area contributed by atoms with Crippen molar-refractivity contribution in [2.75, 3.05) is 17.8 Å². The summed E-state index contributed by atoms with van der Waals surface area (Å²) in [6.45, 7) is 0. The minimum absolute atomic E-state index is 0.661. The molecule has 0 amide bonds. The number of rotatable bonds is 3. The van der Waals surface area contributed by atoms with E-state index in [1.807, 2.05) is 0 Å². The van der Waals surface area contributed by atoms with Crippen LogP contribution in [0.5, 0.6) is 0 Å². The molecule has 0 aliphatic heterocycles. The first-order chi connectivity index (χ1) is 4.21. The van der Waals surface area contributed by atoms with E-state index >= 15 is 0 Å². The van der Waals surface area contributed by atoms with Crippen molar-refractivity contribution < 1.29 is 20.7 Å². The molecule has 0 radical (unpaired) electrons. The first-order valence-electron chi connectivity index (χ1n) is 2.31. The number of halogens is 1. The number of hydrogen-bond donors (Lipinski definition) is 0. The van der Waals surface area contributed by atoms with Crippen LogP contribution in [0.1, 0.15) is 0 Å². The van der Waals surface area contributed by atoms with Gasteiger partial charge in [0.05, 0.1) is 11.5 Å². The standard InChI is InChI=1S/C3H7FO4S2/c1-9(5,6)2-3-10(4,7)8/h2-3H2,1H3. The zero-order chi connectivity index (χ0) is 8.41. The van der Waals surface area contributed by atoms with Crippen LogP contribution in [0.2, 0.25) is 0 Å². The summed E-state index contributed by atoms with van der Waals surface area (Å²) >= 11 is 0.